The van der Waals surface area contributed by atoms with Crippen LogP contribution in [0.25, 0.3) is 0 Å². The van der Waals surface area contributed by atoms with Gasteiger partial charge in [-0.15, -0.1) is 0 Å². The minimum absolute atomic E-state index is 0.148. The van der Waals surface area contributed by atoms with Gasteiger partial charge in [-0.2, -0.15) is 0 Å². The van der Waals surface area contributed by atoms with Crippen molar-refractivity contribution in [2.24, 2.45) is 0 Å². The molecule has 3 aromatic carbocycles. The summed E-state index contributed by atoms with van der Waals surface area (Å²) < 4.78 is 46.2. The zero-order chi connectivity index (χ0) is 22.4. The van der Waals surface area contributed by atoms with Crippen LogP contribution in [0.1, 0.15) is 5.56 Å². The number of nitrogens with one attached hydrogen (secondary N) is 1. The van der Waals surface area contributed by atoms with Crippen molar-refractivity contribution in [3.05, 3.63) is 89.2 Å². The van der Waals surface area contributed by atoms with E-state index < -0.39 is 28.3 Å². The standard InChI is InChI=1S/C22H20ClFN2O4S/c1-30-21-5-3-2-4-20(21)26(31(28,29)19-12-10-18(24)11-13-19)15-22(27)25-14-16-6-8-17(23)9-7-16/h2-13H,14-15H2,1H3,(H,25,27). The number of rotatable bonds is 8. The maximum Gasteiger partial charge on any atom is 0.264 e. The number of anilines is 1. The Morgan fingerprint density at radius 3 is 2.32 bits per heavy atom. The van der Waals surface area contributed by atoms with Crippen LogP contribution in [-0.2, 0) is 21.4 Å². The van der Waals surface area contributed by atoms with Crippen molar-refractivity contribution in [1.29, 1.82) is 0 Å². The lowest BCUT2D eigenvalue weighted by molar-refractivity contribution is -0.119. The molecule has 0 atom stereocenters. The third kappa shape index (κ3) is 5.53. The molecule has 3 rings (SSSR count). The monoisotopic (exact) mass is 462 g/mol. The third-order valence-electron chi connectivity index (χ3n) is 4.45. The molecule has 0 fully saturated rings. The van der Waals surface area contributed by atoms with E-state index in [0.717, 1.165) is 34.1 Å². The van der Waals surface area contributed by atoms with E-state index in [4.69, 9.17) is 16.3 Å². The lowest BCUT2D eigenvalue weighted by atomic mass is 10.2. The number of sulfonamides is 1. The molecule has 0 heterocycles. The first-order valence-electron chi connectivity index (χ1n) is 9.24. The second kappa shape index (κ2) is 9.80. The number of methoxy groups -OCH3 is 1. The Morgan fingerprint density at radius 1 is 1.03 bits per heavy atom. The van der Waals surface area contributed by atoms with Crippen LogP contribution in [0.15, 0.2) is 77.7 Å². The average molecular weight is 463 g/mol. The summed E-state index contributed by atoms with van der Waals surface area (Å²) in [5.74, 6) is -0.811. The van der Waals surface area contributed by atoms with Crippen LogP contribution in [0.2, 0.25) is 5.02 Å². The van der Waals surface area contributed by atoms with Crippen LogP contribution in [-0.4, -0.2) is 28.0 Å². The Morgan fingerprint density at radius 2 is 1.68 bits per heavy atom. The number of hydrogen-bond donors (Lipinski definition) is 1. The minimum atomic E-state index is -4.18. The fraction of sp³-hybridized carbons (Fsp3) is 0.136. The fourth-order valence-corrected chi connectivity index (χ4v) is 4.42. The lowest BCUT2D eigenvalue weighted by Gasteiger charge is -2.25. The Hall–Kier alpha value is -3.10. The number of carbonyl (C=O) groups is 1. The van der Waals surface area contributed by atoms with Gasteiger partial charge in [-0.25, -0.2) is 12.8 Å². The summed E-state index contributed by atoms with van der Waals surface area (Å²) >= 11 is 5.86. The normalized spacial score (nSPS) is 11.1. The van der Waals surface area contributed by atoms with E-state index in [0.29, 0.717) is 5.02 Å². The summed E-state index contributed by atoms with van der Waals surface area (Å²) in [6.07, 6.45) is 0. The summed E-state index contributed by atoms with van der Waals surface area (Å²) in [6, 6.07) is 17.8. The van der Waals surface area contributed by atoms with Crippen molar-refractivity contribution >= 4 is 33.2 Å². The van der Waals surface area contributed by atoms with Gasteiger partial charge in [0.2, 0.25) is 5.91 Å². The van der Waals surface area contributed by atoms with Crippen LogP contribution in [0, 0.1) is 5.82 Å². The van der Waals surface area contributed by atoms with Gasteiger partial charge in [-0.3, -0.25) is 9.10 Å². The molecule has 1 amide bonds. The van der Waals surface area contributed by atoms with Crippen LogP contribution in [0.4, 0.5) is 10.1 Å². The highest BCUT2D eigenvalue weighted by Crippen LogP contribution is 2.32. The molecule has 31 heavy (non-hydrogen) atoms. The topological polar surface area (TPSA) is 75.7 Å². The SMILES string of the molecule is COc1ccccc1N(CC(=O)NCc1ccc(Cl)cc1)S(=O)(=O)c1ccc(F)cc1. The first-order chi connectivity index (χ1) is 14.8. The molecular weight excluding hydrogens is 443 g/mol. The second-order valence-corrected chi connectivity index (χ2v) is 8.84. The fourth-order valence-electron chi connectivity index (χ4n) is 2.86. The van der Waals surface area contributed by atoms with Crippen molar-refractivity contribution < 1.29 is 22.3 Å². The molecule has 0 aliphatic rings. The number of hydrogen-bond acceptors (Lipinski definition) is 4. The minimum Gasteiger partial charge on any atom is -0.495 e. The molecule has 0 saturated carbocycles. The molecule has 0 unspecified atom stereocenters. The molecular formula is C22H20ClFN2O4S. The van der Waals surface area contributed by atoms with Crippen molar-refractivity contribution in [3.8, 4) is 5.75 Å². The average Bonchev–Trinajstić information content (AvgIpc) is 2.77. The molecule has 0 aromatic heterocycles. The van der Waals surface area contributed by atoms with E-state index in [2.05, 4.69) is 5.32 Å². The third-order valence-corrected chi connectivity index (χ3v) is 6.47. The lowest BCUT2D eigenvalue weighted by Crippen LogP contribution is -2.40. The van der Waals surface area contributed by atoms with Gasteiger partial charge in [0.05, 0.1) is 17.7 Å². The Kier molecular flexibility index (Phi) is 7.14. The van der Waals surface area contributed by atoms with Gasteiger partial charge in [-0.1, -0.05) is 35.9 Å². The molecule has 162 valence electrons. The van der Waals surface area contributed by atoms with Crippen molar-refractivity contribution in [2.45, 2.75) is 11.4 Å². The first kappa shape index (κ1) is 22.6. The Bertz CT molecular complexity index is 1150. The van der Waals surface area contributed by atoms with E-state index in [-0.39, 0.29) is 22.9 Å². The molecule has 0 spiro atoms. The second-order valence-electron chi connectivity index (χ2n) is 6.54. The summed E-state index contributed by atoms with van der Waals surface area (Å²) in [7, 11) is -2.77. The maximum absolute atomic E-state index is 13.3. The zero-order valence-corrected chi connectivity index (χ0v) is 18.2. The van der Waals surface area contributed by atoms with Crippen molar-refractivity contribution in [2.75, 3.05) is 18.0 Å². The highest BCUT2D eigenvalue weighted by molar-refractivity contribution is 7.92. The number of benzene rings is 3. The number of nitrogens with zero attached hydrogens (tertiary/aromatic N) is 1. The van der Waals surface area contributed by atoms with Gasteiger partial charge in [0.25, 0.3) is 10.0 Å². The molecule has 9 heteroatoms. The van der Waals surface area contributed by atoms with Gasteiger partial charge in [0.15, 0.2) is 0 Å². The van der Waals surface area contributed by atoms with Gasteiger partial charge < -0.3 is 10.1 Å². The molecule has 0 saturated heterocycles. The van der Waals surface area contributed by atoms with E-state index in [1.54, 1.807) is 42.5 Å². The summed E-state index contributed by atoms with van der Waals surface area (Å²) in [4.78, 5) is 12.5. The molecule has 1 N–H and O–H groups in total. The molecule has 0 aliphatic carbocycles. The van der Waals surface area contributed by atoms with Crippen LogP contribution < -0.4 is 14.4 Å². The molecule has 3 aromatic rings. The predicted molar refractivity (Wildman–Crippen MR) is 117 cm³/mol. The van der Waals surface area contributed by atoms with Gasteiger partial charge >= 0.3 is 0 Å². The molecule has 6 nitrogen and oxygen atoms in total. The van der Waals surface area contributed by atoms with Crippen LogP contribution in [0.3, 0.4) is 0 Å². The van der Waals surface area contributed by atoms with Gasteiger partial charge in [0, 0.05) is 11.6 Å². The van der Waals surface area contributed by atoms with Crippen molar-refractivity contribution in [1.82, 2.24) is 5.32 Å². The highest BCUT2D eigenvalue weighted by Gasteiger charge is 2.29. The molecule has 0 radical (unpaired) electrons. The van der Waals surface area contributed by atoms with Gasteiger partial charge in [0.1, 0.15) is 18.1 Å². The highest BCUT2D eigenvalue weighted by atomic mass is 35.5. The van der Waals surface area contributed by atoms with Crippen LogP contribution in [0.5, 0.6) is 5.75 Å². The number of amides is 1. The van der Waals surface area contributed by atoms with E-state index >= 15 is 0 Å². The quantitative estimate of drug-likeness (QED) is 0.549. The maximum atomic E-state index is 13.3. The summed E-state index contributed by atoms with van der Waals surface area (Å²) in [5.41, 5.74) is 0.999. The summed E-state index contributed by atoms with van der Waals surface area (Å²) in [6.45, 7) is -0.292. The first-order valence-corrected chi connectivity index (χ1v) is 11.1. The van der Waals surface area contributed by atoms with Crippen molar-refractivity contribution in [3.63, 3.8) is 0 Å². The predicted octanol–water partition coefficient (Wildman–Crippen LogP) is 4.00. The van der Waals surface area contributed by atoms with E-state index in [1.807, 2.05) is 0 Å². The van der Waals surface area contributed by atoms with E-state index in [9.17, 15) is 17.6 Å². The number of ether oxygens (including phenoxy) is 1. The number of para-hydroxylation sites is 2. The van der Waals surface area contributed by atoms with Gasteiger partial charge in [-0.05, 0) is 54.1 Å². The Labute approximate surface area is 185 Å². The smallest absolute Gasteiger partial charge is 0.264 e. The Balaban J connectivity index is 1.89. The van der Waals surface area contributed by atoms with Crippen LogP contribution >= 0.6 is 11.6 Å². The van der Waals surface area contributed by atoms with E-state index in [1.165, 1.54) is 13.2 Å². The summed E-state index contributed by atoms with van der Waals surface area (Å²) in [5, 5.41) is 3.27. The largest absolute Gasteiger partial charge is 0.495 e. The number of carbonyl (C=O) groups excluding carboxylic acids is 1. The zero-order valence-electron chi connectivity index (χ0n) is 16.6. The number of halogens is 2. The molecule has 0 bridgehead atoms. The molecule has 0 aliphatic heterocycles.